The molecule has 0 amide bonds. The molecule has 8 aromatic rings. The number of hydrogen-bond donors (Lipinski definition) is 0. The number of hydrogen-bond acceptors (Lipinski definition) is 3. The molecule has 0 bridgehead atoms. The standard InChI is InChI=1S/C71H76BN3/c1-46-40-63-66-64(41-46)74(59-36-29-52(42-47(59)2)68(6,7)8)61-37-30-53(69(9,10)11)44-58(61)72(66)57-34-33-55(45-62(57)73(63)54-31-27-51(28-32-54)67(3,4)5)75-60-35-26-50(43-56(60)70(12)38-20-21-39-71(70,75)13)65(48-22-16-14-17-23-48)49-24-18-15-19-25-49/h14-19,22-37,40-45,65H,20-21,38-39H2,1-13H3. The molecular weight excluding hydrogens is 906 g/mol. The SMILES string of the molecule is Cc1cc2c3c(c1)N(c1ccc(C(C)(C)C)cc1C)c1ccc(C(C)(C)C)cc1B3c1ccc(N3c4ccc(C(c5ccccc5)c5ccccc5)cc4C4(C)CCCCC34C)cc1N2c1ccc(C(C)(C)C)cc1. The Labute approximate surface area is 449 Å². The summed E-state index contributed by atoms with van der Waals surface area (Å²) in [6, 6.07) is 66.4. The molecule has 4 heteroatoms. The first-order valence-corrected chi connectivity index (χ1v) is 28.0. The molecule has 0 aromatic heterocycles. The Morgan fingerprint density at radius 1 is 0.440 bits per heavy atom. The van der Waals surface area contributed by atoms with Gasteiger partial charge in [0, 0.05) is 56.8 Å². The summed E-state index contributed by atoms with van der Waals surface area (Å²) in [5.41, 5.74) is 26.1. The van der Waals surface area contributed by atoms with Gasteiger partial charge in [-0.25, -0.2) is 0 Å². The molecule has 1 saturated carbocycles. The highest BCUT2D eigenvalue weighted by Crippen LogP contribution is 2.62. The molecule has 3 heterocycles. The van der Waals surface area contributed by atoms with E-state index in [0.29, 0.717) is 0 Å². The van der Waals surface area contributed by atoms with Crippen molar-refractivity contribution in [1.29, 1.82) is 0 Å². The van der Waals surface area contributed by atoms with Gasteiger partial charge in [-0.15, -0.1) is 0 Å². The summed E-state index contributed by atoms with van der Waals surface area (Å²) in [5.74, 6) is 0.139. The largest absolute Gasteiger partial charge is 0.334 e. The summed E-state index contributed by atoms with van der Waals surface area (Å²) in [4.78, 5) is 8.03. The predicted molar refractivity (Wildman–Crippen MR) is 323 cm³/mol. The molecule has 0 N–H and O–H groups in total. The van der Waals surface area contributed by atoms with Gasteiger partial charge in [-0.2, -0.15) is 0 Å². The third-order valence-corrected chi connectivity index (χ3v) is 18.3. The fourth-order valence-electron chi connectivity index (χ4n) is 14.0. The van der Waals surface area contributed by atoms with Gasteiger partial charge in [0.25, 0.3) is 6.71 Å². The van der Waals surface area contributed by atoms with Gasteiger partial charge >= 0.3 is 0 Å². The van der Waals surface area contributed by atoms with Crippen LogP contribution in [0.5, 0.6) is 0 Å². The normalized spacial score (nSPS) is 18.9. The van der Waals surface area contributed by atoms with Crippen molar-refractivity contribution in [3.05, 3.63) is 220 Å². The van der Waals surface area contributed by atoms with Crippen molar-refractivity contribution >= 4 is 68.6 Å². The first-order valence-electron chi connectivity index (χ1n) is 28.0. The number of benzene rings is 8. The van der Waals surface area contributed by atoms with Crippen LogP contribution in [0.3, 0.4) is 0 Å². The molecule has 0 spiro atoms. The van der Waals surface area contributed by atoms with Crippen molar-refractivity contribution in [3.63, 3.8) is 0 Å². The van der Waals surface area contributed by atoms with E-state index in [0.717, 1.165) is 12.8 Å². The number of nitrogens with zero attached hydrogens (tertiary/aromatic N) is 3. The van der Waals surface area contributed by atoms with Crippen molar-refractivity contribution < 1.29 is 0 Å². The Hall–Kier alpha value is -6.78. The summed E-state index contributed by atoms with van der Waals surface area (Å²) in [7, 11) is 0. The molecule has 0 radical (unpaired) electrons. The zero-order valence-electron chi connectivity index (χ0n) is 47.0. The minimum absolute atomic E-state index is 0.0179. The molecule has 1 aliphatic carbocycles. The Morgan fingerprint density at radius 3 is 1.60 bits per heavy atom. The summed E-state index contributed by atoms with van der Waals surface area (Å²) in [6.45, 7) is 30.8. The third kappa shape index (κ3) is 7.82. The minimum Gasteiger partial charge on any atom is -0.334 e. The maximum Gasteiger partial charge on any atom is 0.252 e. The van der Waals surface area contributed by atoms with Crippen LogP contribution in [0, 0.1) is 13.8 Å². The molecule has 3 aliphatic heterocycles. The van der Waals surface area contributed by atoms with Crippen molar-refractivity contribution in [2.75, 3.05) is 14.7 Å². The van der Waals surface area contributed by atoms with Gasteiger partial charge in [0.15, 0.2) is 0 Å². The first kappa shape index (κ1) is 49.1. The van der Waals surface area contributed by atoms with Crippen molar-refractivity contribution in [1.82, 2.24) is 0 Å². The second-order valence-corrected chi connectivity index (χ2v) is 26.3. The molecule has 378 valence electrons. The van der Waals surface area contributed by atoms with Gasteiger partial charge in [0.05, 0.1) is 5.54 Å². The van der Waals surface area contributed by atoms with Crippen LogP contribution in [0.2, 0.25) is 0 Å². The number of fused-ring (bicyclic) bond motifs is 7. The average molecular weight is 982 g/mol. The highest BCUT2D eigenvalue weighted by molar-refractivity contribution is 7.00. The van der Waals surface area contributed by atoms with Crippen LogP contribution in [-0.4, -0.2) is 12.3 Å². The van der Waals surface area contributed by atoms with E-state index in [9.17, 15) is 0 Å². The summed E-state index contributed by atoms with van der Waals surface area (Å²) in [5, 5.41) is 0. The quantitative estimate of drug-likeness (QED) is 0.121. The lowest BCUT2D eigenvalue weighted by Gasteiger charge is -2.50. The second-order valence-electron chi connectivity index (χ2n) is 26.3. The van der Waals surface area contributed by atoms with E-state index >= 15 is 0 Å². The zero-order chi connectivity index (χ0) is 52.6. The van der Waals surface area contributed by atoms with Crippen LogP contribution in [0.25, 0.3) is 0 Å². The van der Waals surface area contributed by atoms with Crippen LogP contribution in [0.1, 0.15) is 158 Å². The van der Waals surface area contributed by atoms with Crippen LogP contribution in [-0.2, 0) is 21.7 Å². The molecule has 75 heavy (non-hydrogen) atoms. The second kappa shape index (κ2) is 17.4. The number of anilines is 8. The Balaban J connectivity index is 1.10. The number of aryl methyl sites for hydroxylation is 2. The lowest BCUT2D eigenvalue weighted by Crippen LogP contribution is -2.61. The van der Waals surface area contributed by atoms with Gasteiger partial charge in [-0.3, -0.25) is 0 Å². The molecule has 1 fully saturated rings. The molecular formula is C71H76BN3. The van der Waals surface area contributed by atoms with Crippen molar-refractivity contribution in [2.45, 2.75) is 149 Å². The molecule has 0 saturated heterocycles. The van der Waals surface area contributed by atoms with Gasteiger partial charge in [-0.05, 0) is 171 Å². The Kier molecular flexibility index (Phi) is 11.4. The maximum atomic E-state index is 2.79. The van der Waals surface area contributed by atoms with E-state index in [-0.39, 0.29) is 39.8 Å². The van der Waals surface area contributed by atoms with E-state index in [1.54, 1.807) is 0 Å². The molecule has 8 aromatic carbocycles. The topological polar surface area (TPSA) is 9.72 Å². The van der Waals surface area contributed by atoms with Gasteiger partial charge < -0.3 is 14.7 Å². The Morgan fingerprint density at radius 2 is 0.987 bits per heavy atom. The lowest BCUT2D eigenvalue weighted by molar-refractivity contribution is 0.195. The minimum atomic E-state index is -0.134. The van der Waals surface area contributed by atoms with Crippen LogP contribution in [0.4, 0.5) is 45.5 Å². The van der Waals surface area contributed by atoms with Gasteiger partial charge in [-0.1, -0.05) is 197 Å². The zero-order valence-corrected chi connectivity index (χ0v) is 47.0. The predicted octanol–water partition coefficient (Wildman–Crippen LogP) is 17.2. The summed E-state index contributed by atoms with van der Waals surface area (Å²) in [6.07, 6.45) is 4.75. The third-order valence-electron chi connectivity index (χ3n) is 18.3. The molecule has 12 rings (SSSR count). The summed E-state index contributed by atoms with van der Waals surface area (Å²) < 4.78 is 0. The molecule has 2 unspecified atom stereocenters. The Bertz CT molecular complexity index is 3480. The summed E-state index contributed by atoms with van der Waals surface area (Å²) >= 11 is 0. The van der Waals surface area contributed by atoms with Crippen molar-refractivity contribution in [2.24, 2.45) is 0 Å². The van der Waals surface area contributed by atoms with E-state index in [4.69, 9.17) is 0 Å². The average Bonchev–Trinajstić information content (AvgIpc) is 3.66. The highest BCUT2D eigenvalue weighted by Gasteiger charge is 2.58. The highest BCUT2D eigenvalue weighted by atomic mass is 15.3. The van der Waals surface area contributed by atoms with Gasteiger partial charge in [0.2, 0.25) is 0 Å². The van der Waals surface area contributed by atoms with Crippen LogP contribution < -0.4 is 31.1 Å². The van der Waals surface area contributed by atoms with E-state index < -0.39 is 0 Å². The van der Waals surface area contributed by atoms with E-state index in [2.05, 4.69) is 275 Å². The lowest BCUT2D eigenvalue weighted by atomic mass is 9.33. The van der Waals surface area contributed by atoms with Crippen LogP contribution in [0.15, 0.2) is 170 Å². The van der Waals surface area contributed by atoms with E-state index in [1.807, 2.05) is 0 Å². The number of rotatable bonds is 6. The maximum absolute atomic E-state index is 2.79. The first-order chi connectivity index (χ1) is 35.7. The van der Waals surface area contributed by atoms with Gasteiger partial charge in [0.1, 0.15) is 0 Å². The molecule has 4 aliphatic rings. The fourth-order valence-corrected chi connectivity index (χ4v) is 14.0. The smallest absolute Gasteiger partial charge is 0.252 e. The molecule has 2 atom stereocenters. The molecule has 3 nitrogen and oxygen atoms in total. The monoisotopic (exact) mass is 982 g/mol. The van der Waals surface area contributed by atoms with E-state index in [1.165, 1.54) is 125 Å². The van der Waals surface area contributed by atoms with Crippen LogP contribution >= 0.6 is 0 Å². The van der Waals surface area contributed by atoms with Crippen molar-refractivity contribution in [3.8, 4) is 0 Å². The fraction of sp³-hybridized carbons (Fsp3) is 0.324.